The van der Waals surface area contributed by atoms with E-state index in [9.17, 15) is 0 Å². The molecule has 0 unspecified atom stereocenters. The second-order valence-electron chi connectivity index (χ2n) is 2.23. The van der Waals surface area contributed by atoms with E-state index in [1.165, 1.54) is 0 Å². The van der Waals surface area contributed by atoms with Crippen molar-refractivity contribution in [1.82, 2.24) is 0 Å². The molecule has 2 heteroatoms. The van der Waals surface area contributed by atoms with Gasteiger partial charge in [-0.1, -0.05) is 0 Å². The van der Waals surface area contributed by atoms with Gasteiger partial charge < -0.3 is 0 Å². The summed E-state index contributed by atoms with van der Waals surface area (Å²) in [7, 11) is 0. The van der Waals surface area contributed by atoms with Crippen LogP contribution in [-0.4, -0.2) is 29.3 Å². The van der Waals surface area contributed by atoms with Crippen molar-refractivity contribution in [2.75, 3.05) is 0 Å². The van der Waals surface area contributed by atoms with E-state index in [0.29, 0.717) is 0 Å². The topological polar surface area (TPSA) is 0 Å². The molecular formula is C6H14As2. The predicted molar refractivity (Wildman–Crippen MR) is 44.1 cm³/mol. The molecule has 0 fully saturated rings. The Bertz CT molecular complexity index is 64.6. The summed E-state index contributed by atoms with van der Waals surface area (Å²) in [5.74, 6) is 0. The van der Waals surface area contributed by atoms with Gasteiger partial charge in [0.1, 0.15) is 0 Å². The first kappa shape index (κ1) is 8.86. The van der Waals surface area contributed by atoms with E-state index in [4.69, 9.17) is 0 Å². The van der Waals surface area contributed by atoms with E-state index in [1.807, 2.05) is 0 Å². The normalized spacial score (nSPS) is 12.2. The van der Waals surface area contributed by atoms with Crippen LogP contribution in [0.2, 0.25) is 22.8 Å². The minimum absolute atomic E-state index is 0.426. The molecule has 0 amide bonds. The maximum absolute atomic E-state index is 2.45. The SMILES string of the molecule is C[As](C)/C=C\[As](C)C. The molecule has 0 N–H and O–H groups in total. The van der Waals surface area contributed by atoms with Gasteiger partial charge in [0.25, 0.3) is 0 Å². The fraction of sp³-hybridized carbons (Fsp3) is 0.667. The summed E-state index contributed by atoms with van der Waals surface area (Å²) in [6.45, 7) is 0. The third-order valence-corrected chi connectivity index (χ3v) is 4.90. The van der Waals surface area contributed by atoms with Gasteiger partial charge in [-0.05, 0) is 0 Å². The molecule has 0 aliphatic heterocycles. The van der Waals surface area contributed by atoms with Crippen molar-refractivity contribution in [3.8, 4) is 0 Å². The molecule has 0 heterocycles. The average Bonchev–Trinajstić information content (AvgIpc) is 1.61. The van der Waals surface area contributed by atoms with Crippen molar-refractivity contribution in [3.05, 3.63) is 9.73 Å². The monoisotopic (exact) mass is 236 g/mol. The third kappa shape index (κ3) is 6.86. The second kappa shape index (κ2) is 4.71. The Morgan fingerprint density at radius 2 is 1.00 bits per heavy atom. The van der Waals surface area contributed by atoms with Crippen LogP contribution in [-0.2, 0) is 0 Å². The molecule has 0 radical (unpaired) electrons. The predicted octanol–water partition coefficient (Wildman–Crippen LogP) is 2.13. The van der Waals surface area contributed by atoms with Crippen molar-refractivity contribution in [1.29, 1.82) is 0 Å². The van der Waals surface area contributed by atoms with Crippen LogP contribution in [0.5, 0.6) is 0 Å². The molecule has 48 valence electrons. The molecule has 0 aromatic rings. The zero-order valence-corrected chi connectivity index (χ0v) is 9.80. The van der Waals surface area contributed by atoms with Gasteiger partial charge in [-0.2, -0.15) is 0 Å². The van der Waals surface area contributed by atoms with Crippen LogP contribution in [0.4, 0.5) is 0 Å². The summed E-state index contributed by atoms with van der Waals surface area (Å²) in [6.07, 6.45) is 0. The average molecular weight is 236 g/mol. The van der Waals surface area contributed by atoms with E-state index in [1.54, 1.807) is 0 Å². The standard InChI is InChI=1S/C6H14As2/c1-7(2)5-6-8(3)4/h5-6H,1-4H3/b6-5-. The number of hydrogen-bond donors (Lipinski definition) is 0. The molecule has 0 spiro atoms. The quantitative estimate of drug-likeness (QED) is 0.644. The minimum atomic E-state index is -0.426. The summed E-state index contributed by atoms with van der Waals surface area (Å²) < 4.78 is 0. The van der Waals surface area contributed by atoms with Crippen LogP contribution in [0, 0.1) is 0 Å². The van der Waals surface area contributed by atoms with Gasteiger partial charge in [0, 0.05) is 0 Å². The first-order chi connectivity index (χ1) is 3.63. The fourth-order valence-electron chi connectivity index (χ4n) is 0.267. The summed E-state index contributed by atoms with van der Waals surface area (Å²) >= 11 is -0.853. The Balaban J connectivity index is 3.34. The van der Waals surface area contributed by atoms with Crippen LogP contribution in [0.25, 0.3) is 0 Å². The first-order valence-corrected chi connectivity index (χ1v) is 12.3. The number of hydrogen-bond acceptors (Lipinski definition) is 0. The van der Waals surface area contributed by atoms with E-state index in [-0.39, 0.29) is 0 Å². The zero-order chi connectivity index (χ0) is 6.57. The van der Waals surface area contributed by atoms with Gasteiger partial charge in [-0.15, -0.1) is 0 Å². The molecule has 0 bridgehead atoms. The Kier molecular flexibility index (Phi) is 5.21. The summed E-state index contributed by atoms with van der Waals surface area (Å²) in [5.41, 5.74) is 9.45. The van der Waals surface area contributed by atoms with Gasteiger partial charge in [0.05, 0.1) is 0 Å². The fourth-order valence-corrected chi connectivity index (χ4v) is 7.20. The maximum atomic E-state index is 2.45. The van der Waals surface area contributed by atoms with Crippen molar-refractivity contribution < 1.29 is 0 Å². The van der Waals surface area contributed by atoms with Crippen LogP contribution in [0.1, 0.15) is 0 Å². The Morgan fingerprint density at radius 3 is 1.12 bits per heavy atom. The zero-order valence-electron chi connectivity index (χ0n) is 6.05. The van der Waals surface area contributed by atoms with Gasteiger partial charge in [0.15, 0.2) is 0 Å². The molecule has 8 heavy (non-hydrogen) atoms. The molecule has 0 aromatic carbocycles. The molecule has 0 aliphatic rings. The summed E-state index contributed by atoms with van der Waals surface area (Å²) in [6, 6.07) is 0. The van der Waals surface area contributed by atoms with E-state index in [0.717, 1.165) is 0 Å². The van der Waals surface area contributed by atoms with Crippen LogP contribution >= 0.6 is 0 Å². The van der Waals surface area contributed by atoms with Gasteiger partial charge >= 0.3 is 61.9 Å². The van der Waals surface area contributed by atoms with Crippen LogP contribution in [0.3, 0.4) is 0 Å². The Labute approximate surface area is 61.9 Å². The molecule has 0 aromatic heterocycles. The Hall–Kier alpha value is 0.857. The molecule has 0 nitrogen and oxygen atoms in total. The van der Waals surface area contributed by atoms with E-state index in [2.05, 4.69) is 32.6 Å². The van der Waals surface area contributed by atoms with Gasteiger partial charge in [-0.3, -0.25) is 0 Å². The van der Waals surface area contributed by atoms with Crippen molar-refractivity contribution >= 4 is 29.3 Å². The first-order valence-electron chi connectivity index (χ1n) is 2.64. The summed E-state index contributed by atoms with van der Waals surface area (Å²) in [4.78, 5) is 4.90. The van der Waals surface area contributed by atoms with Crippen molar-refractivity contribution in [2.45, 2.75) is 22.8 Å². The Morgan fingerprint density at radius 1 is 0.750 bits per heavy atom. The van der Waals surface area contributed by atoms with E-state index < -0.39 is 29.3 Å². The molecular weight excluding hydrogens is 222 g/mol. The summed E-state index contributed by atoms with van der Waals surface area (Å²) in [5, 5.41) is 0. The van der Waals surface area contributed by atoms with Crippen molar-refractivity contribution in [2.24, 2.45) is 0 Å². The second-order valence-corrected chi connectivity index (χ2v) is 11.6. The van der Waals surface area contributed by atoms with Crippen LogP contribution in [0.15, 0.2) is 9.73 Å². The third-order valence-electron chi connectivity index (χ3n) is 0.663. The molecule has 0 aliphatic carbocycles. The van der Waals surface area contributed by atoms with Gasteiger partial charge in [0.2, 0.25) is 0 Å². The molecule has 0 rings (SSSR count). The van der Waals surface area contributed by atoms with E-state index >= 15 is 0 Å². The number of rotatable bonds is 2. The molecule has 0 saturated heterocycles. The molecule has 0 saturated carbocycles. The molecule has 0 atom stereocenters. The van der Waals surface area contributed by atoms with Crippen LogP contribution < -0.4 is 0 Å². The van der Waals surface area contributed by atoms with Gasteiger partial charge in [-0.25, -0.2) is 0 Å². The van der Waals surface area contributed by atoms with Crippen molar-refractivity contribution in [3.63, 3.8) is 0 Å².